The summed E-state index contributed by atoms with van der Waals surface area (Å²) >= 11 is 0. The van der Waals surface area contributed by atoms with Crippen LogP contribution in [-0.2, 0) is 16.1 Å². The van der Waals surface area contributed by atoms with Gasteiger partial charge in [0.05, 0.1) is 6.54 Å². The van der Waals surface area contributed by atoms with Gasteiger partial charge in [0.1, 0.15) is 0 Å². The largest absolute Gasteiger partial charge is 0.347 e. The number of urea groups is 1. The molecule has 0 saturated heterocycles. The van der Waals surface area contributed by atoms with Crippen molar-refractivity contribution in [1.82, 2.24) is 16.0 Å². The van der Waals surface area contributed by atoms with Crippen molar-refractivity contribution in [3.8, 4) is 0 Å². The fourth-order valence-electron chi connectivity index (χ4n) is 2.48. The Morgan fingerprint density at radius 2 is 1.57 bits per heavy atom. The van der Waals surface area contributed by atoms with Gasteiger partial charge in [0.15, 0.2) is 0 Å². The number of amides is 4. The molecule has 0 bridgehead atoms. The van der Waals surface area contributed by atoms with Crippen LogP contribution >= 0.6 is 0 Å². The summed E-state index contributed by atoms with van der Waals surface area (Å²) < 4.78 is 0. The lowest BCUT2D eigenvalue weighted by Gasteiger charge is -2.11. The Bertz CT molecular complexity index is 822. The van der Waals surface area contributed by atoms with Crippen molar-refractivity contribution in [2.75, 3.05) is 18.4 Å². The number of benzene rings is 2. The van der Waals surface area contributed by atoms with E-state index in [-0.39, 0.29) is 37.4 Å². The Balaban J connectivity index is 1.61. The summed E-state index contributed by atoms with van der Waals surface area (Å²) in [5.74, 6) is -0.602. The fraction of sp³-hybridized carbons (Fsp3) is 0.286. The van der Waals surface area contributed by atoms with Crippen molar-refractivity contribution in [2.45, 2.75) is 26.8 Å². The molecule has 0 aliphatic rings. The van der Waals surface area contributed by atoms with Gasteiger partial charge >= 0.3 is 6.03 Å². The van der Waals surface area contributed by atoms with Crippen LogP contribution in [-0.4, -0.2) is 30.9 Å². The molecule has 0 heterocycles. The molecule has 0 radical (unpaired) electrons. The average molecular weight is 382 g/mol. The summed E-state index contributed by atoms with van der Waals surface area (Å²) in [6.07, 6.45) is 0.0928. The number of carbonyl (C=O) groups excluding carboxylic acids is 3. The first-order chi connectivity index (χ1) is 13.5. The van der Waals surface area contributed by atoms with Gasteiger partial charge in [-0.3, -0.25) is 9.59 Å². The molecule has 0 aromatic heterocycles. The van der Waals surface area contributed by atoms with E-state index in [9.17, 15) is 14.4 Å². The number of hydrogen-bond acceptors (Lipinski definition) is 3. The van der Waals surface area contributed by atoms with Crippen LogP contribution in [0, 0.1) is 13.8 Å². The van der Waals surface area contributed by atoms with Crippen molar-refractivity contribution in [3.63, 3.8) is 0 Å². The molecule has 0 aliphatic heterocycles. The molecule has 0 fully saturated rings. The van der Waals surface area contributed by atoms with Crippen LogP contribution in [0.5, 0.6) is 0 Å². The minimum Gasteiger partial charge on any atom is -0.347 e. The predicted molar refractivity (Wildman–Crippen MR) is 109 cm³/mol. The van der Waals surface area contributed by atoms with Gasteiger partial charge in [0, 0.05) is 25.2 Å². The van der Waals surface area contributed by atoms with E-state index in [0.717, 1.165) is 22.4 Å². The zero-order valence-corrected chi connectivity index (χ0v) is 16.2. The smallest absolute Gasteiger partial charge is 0.315 e. The molecule has 0 unspecified atom stereocenters. The molecule has 148 valence electrons. The van der Waals surface area contributed by atoms with Crippen molar-refractivity contribution in [3.05, 3.63) is 65.2 Å². The zero-order chi connectivity index (χ0) is 20.4. The predicted octanol–water partition coefficient (Wildman–Crippen LogP) is 2.25. The van der Waals surface area contributed by atoms with E-state index in [2.05, 4.69) is 21.3 Å². The lowest BCUT2D eigenvalue weighted by molar-refractivity contribution is -0.124. The highest BCUT2D eigenvalue weighted by Gasteiger charge is 2.09. The monoisotopic (exact) mass is 382 g/mol. The maximum Gasteiger partial charge on any atom is 0.315 e. The maximum atomic E-state index is 12.0. The molecule has 2 aromatic carbocycles. The third-order valence-corrected chi connectivity index (χ3v) is 4.26. The van der Waals surface area contributed by atoms with Gasteiger partial charge in [0.25, 0.3) is 0 Å². The second kappa shape index (κ2) is 10.7. The van der Waals surface area contributed by atoms with Crippen LogP contribution in [0.3, 0.4) is 0 Å². The molecule has 7 heteroatoms. The van der Waals surface area contributed by atoms with Crippen molar-refractivity contribution in [2.24, 2.45) is 0 Å². The molecule has 0 spiro atoms. The van der Waals surface area contributed by atoms with Crippen molar-refractivity contribution < 1.29 is 14.4 Å². The molecule has 4 N–H and O–H groups in total. The van der Waals surface area contributed by atoms with E-state index in [0.29, 0.717) is 6.54 Å². The van der Waals surface area contributed by atoms with Gasteiger partial charge in [-0.15, -0.1) is 0 Å². The van der Waals surface area contributed by atoms with E-state index in [1.54, 1.807) is 0 Å². The molecular formula is C21H26N4O3. The molecule has 0 saturated carbocycles. The standard InChI is InChI=1S/C21H26N4O3/c1-15-7-6-10-18(16(15)2)25-20(27)14-23-19(26)11-12-22-21(28)24-13-17-8-4-3-5-9-17/h3-10H,11-14H2,1-2H3,(H,23,26)(H,25,27)(H2,22,24,28). The van der Waals surface area contributed by atoms with E-state index in [1.165, 1.54) is 0 Å². The number of rotatable bonds is 8. The topological polar surface area (TPSA) is 99.3 Å². The van der Waals surface area contributed by atoms with Gasteiger partial charge in [-0.25, -0.2) is 4.79 Å². The Hall–Kier alpha value is -3.35. The Morgan fingerprint density at radius 3 is 2.32 bits per heavy atom. The number of aryl methyl sites for hydroxylation is 1. The zero-order valence-electron chi connectivity index (χ0n) is 16.2. The van der Waals surface area contributed by atoms with Crippen molar-refractivity contribution >= 4 is 23.5 Å². The molecule has 28 heavy (non-hydrogen) atoms. The van der Waals surface area contributed by atoms with Crippen LogP contribution < -0.4 is 21.3 Å². The Morgan fingerprint density at radius 1 is 0.821 bits per heavy atom. The van der Waals surface area contributed by atoms with E-state index in [1.807, 2.05) is 62.4 Å². The normalized spacial score (nSPS) is 10.1. The number of nitrogens with one attached hydrogen (secondary N) is 4. The van der Waals surface area contributed by atoms with Gasteiger partial charge in [-0.2, -0.15) is 0 Å². The van der Waals surface area contributed by atoms with Gasteiger partial charge in [-0.05, 0) is 36.6 Å². The second-order valence-electron chi connectivity index (χ2n) is 6.42. The molecular weight excluding hydrogens is 356 g/mol. The van der Waals surface area contributed by atoms with Crippen LogP contribution in [0.4, 0.5) is 10.5 Å². The molecule has 2 aromatic rings. The number of carbonyl (C=O) groups is 3. The molecule has 4 amide bonds. The van der Waals surface area contributed by atoms with E-state index < -0.39 is 0 Å². The van der Waals surface area contributed by atoms with Gasteiger partial charge in [0.2, 0.25) is 11.8 Å². The van der Waals surface area contributed by atoms with Crippen LogP contribution in [0.15, 0.2) is 48.5 Å². The Labute approximate surface area is 164 Å². The first-order valence-electron chi connectivity index (χ1n) is 9.14. The second-order valence-corrected chi connectivity index (χ2v) is 6.42. The first-order valence-corrected chi connectivity index (χ1v) is 9.14. The summed E-state index contributed by atoms with van der Waals surface area (Å²) in [6.45, 7) is 4.38. The highest BCUT2D eigenvalue weighted by molar-refractivity contribution is 5.95. The highest BCUT2D eigenvalue weighted by Crippen LogP contribution is 2.17. The van der Waals surface area contributed by atoms with Gasteiger partial charge < -0.3 is 21.3 Å². The maximum absolute atomic E-state index is 12.0. The average Bonchev–Trinajstić information content (AvgIpc) is 2.69. The number of anilines is 1. The SMILES string of the molecule is Cc1cccc(NC(=O)CNC(=O)CCNC(=O)NCc2ccccc2)c1C. The minimum atomic E-state index is -0.343. The fourth-order valence-corrected chi connectivity index (χ4v) is 2.48. The molecule has 2 rings (SSSR count). The summed E-state index contributed by atoms with van der Waals surface area (Å²) in [6, 6.07) is 14.8. The lowest BCUT2D eigenvalue weighted by Crippen LogP contribution is -2.38. The van der Waals surface area contributed by atoms with E-state index >= 15 is 0 Å². The number of hydrogen-bond donors (Lipinski definition) is 4. The summed E-state index contributed by atoms with van der Waals surface area (Å²) in [5.41, 5.74) is 3.80. The first kappa shape index (κ1) is 21.0. The third-order valence-electron chi connectivity index (χ3n) is 4.26. The third kappa shape index (κ3) is 7.11. The van der Waals surface area contributed by atoms with E-state index in [4.69, 9.17) is 0 Å². The summed E-state index contributed by atoms with van der Waals surface area (Å²) in [7, 11) is 0. The summed E-state index contributed by atoms with van der Waals surface area (Å²) in [4.78, 5) is 35.5. The van der Waals surface area contributed by atoms with Crippen molar-refractivity contribution in [1.29, 1.82) is 0 Å². The molecule has 0 atom stereocenters. The highest BCUT2D eigenvalue weighted by atomic mass is 16.2. The van der Waals surface area contributed by atoms with Gasteiger partial charge in [-0.1, -0.05) is 42.5 Å². The van der Waals surface area contributed by atoms with Crippen LogP contribution in [0.2, 0.25) is 0 Å². The summed E-state index contributed by atoms with van der Waals surface area (Å²) in [5, 5.41) is 10.7. The molecule has 0 aliphatic carbocycles. The lowest BCUT2D eigenvalue weighted by atomic mass is 10.1. The molecule has 7 nitrogen and oxygen atoms in total. The quantitative estimate of drug-likeness (QED) is 0.563. The Kier molecular flexibility index (Phi) is 8.02. The van der Waals surface area contributed by atoms with Crippen LogP contribution in [0.1, 0.15) is 23.1 Å². The van der Waals surface area contributed by atoms with Crippen LogP contribution in [0.25, 0.3) is 0 Å². The minimum absolute atomic E-state index is 0.0928.